The second-order valence-corrected chi connectivity index (χ2v) is 3.65. The molecule has 0 aliphatic heterocycles. The molecule has 0 aliphatic rings. The van der Waals surface area contributed by atoms with Crippen LogP contribution in [0.15, 0.2) is 28.2 Å². The first-order valence-corrected chi connectivity index (χ1v) is 4.66. The first-order chi connectivity index (χ1) is 6.50. The minimum Gasteiger partial charge on any atom is -0.478 e. The highest BCUT2D eigenvalue weighted by Gasteiger charge is 2.03. The quantitative estimate of drug-likeness (QED) is 0.828. The molecule has 14 heavy (non-hydrogen) atoms. The van der Waals surface area contributed by atoms with E-state index < -0.39 is 11.8 Å². The van der Waals surface area contributed by atoms with Crippen LogP contribution in [-0.4, -0.2) is 11.1 Å². The van der Waals surface area contributed by atoms with E-state index in [1.54, 1.807) is 0 Å². The maximum absolute atomic E-state index is 12.8. The van der Waals surface area contributed by atoms with Gasteiger partial charge < -0.3 is 5.11 Å². The highest BCUT2D eigenvalue weighted by molar-refractivity contribution is 9.10. The zero-order valence-electron chi connectivity index (χ0n) is 7.42. The molecule has 0 radical (unpaired) electrons. The lowest BCUT2D eigenvalue weighted by atomic mass is 10.1. The van der Waals surface area contributed by atoms with Crippen LogP contribution in [0.5, 0.6) is 0 Å². The van der Waals surface area contributed by atoms with E-state index in [9.17, 15) is 9.18 Å². The van der Waals surface area contributed by atoms with Crippen molar-refractivity contribution in [2.75, 3.05) is 0 Å². The summed E-state index contributed by atoms with van der Waals surface area (Å²) >= 11 is 3.20. The monoisotopic (exact) mass is 258 g/mol. The Hall–Kier alpha value is -1.16. The van der Waals surface area contributed by atoms with E-state index in [0.717, 1.165) is 0 Å². The van der Waals surface area contributed by atoms with E-state index in [4.69, 9.17) is 5.11 Å². The Morgan fingerprint density at radius 1 is 1.57 bits per heavy atom. The molecule has 0 aliphatic carbocycles. The van der Waals surface area contributed by atoms with Gasteiger partial charge in [-0.15, -0.1) is 0 Å². The van der Waals surface area contributed by atoms with Gasteiger partial charge in [0, 0.05) is 10.0 Å². The molecule has 1 N–H and O–H groups in total. The fraction of sp³-hybridized carbons (Fsp3) is 0.100. The maximum Gasteiger partial charge on any atom is 0.331 e. The lowest BCUT2D eigenvalue weighted by Gasteiger charge is -1.99. The van der Waals surface area contributed by atoms with Crippen LogP contribution in [-0.2, 0) is 4.79 Å². The summed E-state index contributed by atoms with van der Waals surface area (Å²) in [6, 6.07) is 4.12. The summed E-state index contributed by atoms with van der Waals surface area (Å²) in [4.78, 5) is 10.5. The lowest BCUT2D eigenvalue weighted by Crippen LogP contribution is -1.95. The first-order valence-electron chi connectivity index (χ1n) is 3.87. The molecule has 0 fully saturated rings. The summed E-state index contributed by atoms with van der Waals surface area (Å²) < 4.78 is 13.5. The van der Waals surface area contributed by atoms with Gasteiger partial charge in [-0.3, -0.25) is 0 Å². The summed E-state index contributed by atoms with van der Waals surface area (Å²) in [7, 11) is 0. The van der Waals surface area contributed by atoms with Crippen molar-refractivity contribution in [2.24, 2.45) is 0 Å². The summed E-state index contributed by atoms with van der Waals surface area (Å²) in [5.41, 5.74) is 0.682. The van der Waals surface area contributed by atoms with E-state index in [2.05, 4.69) is 15.9 Å². The molecule has 0 bridgehead atoms. The second-order valence-electron chi connectivity index (χ2n) is 2.80. The third kappa shape index (κ3) is 2.67. The van der Waals surface area contributed by atoms with E-state index >= 15 is 0 Å². The number of carboxylic acid groups (broad SMARTS) is 1. The van der Waals surface area contributed by atoms with E-state index in [1.165, 1.54) is 31.2 Å². The van der Waals surface area contributed by atoms with Crippen molar-refractivity contribution in [3.8, 4) is 0 Å². The normalized spacial score (nSPS) is 11.5. The minimum atomic E-state index is -1.01. The van der Waals surface area contributed by atoms with Crippen LogP contribution >= 0.6 is 15.9 Å². The van der Waals surface area contributed by atoms with Gasteiger partial charge >= 0.3 is 5.97 Å². The lowest BCUT2D eigenvalue weighted by molar-refractivity contribution is -0.132. The fourth-order valence-electron chi connectivity index (χ4n) is 0.920. The average molecular weight is 259 g/mol. The Balaban J connectivity index is 3.13. The maximum atomic E-state index is 12.8. The first kappa shape index (κ1) is 10.9. The largest absolute Gasteiger partial charge is 0.478 e. The van der Waals surface area contributed by atoms with E-state index in [-0.39, 0.29) is 5.57 Å². The van der Waals surface area contributed by atoms with Gasteiger partial charge in [0.15, 0.2) is 0 Å². The Morgan fingerprint density at radius 3 is 2.79 bits per heavy atom. The van der Waals surface area contributed by atoms with Crippen LogP contribution in [0.25, 0.3) is 6.08 Å². The van der Waals surface area contributed by atoms with Crippen molar-refractivity contribution >= 4 is 28.0 Å². The third-order valence-corrected chi connectivity index (χ3v) is 2.39. The molecule has 1 rings (SSSR count). The average Bonchev–Trinajstić information content (AvgIpc) is 2.11. The molecule has 0 heterocycles. The van der Waals surface area contributed by atoms with Gasteiger partial charge in [0.1, 0.15) is 5.82 Å². The molecule has 0 saturated heterocycles. The van der Waals surface area contributed by atoms with Crippen LogP contribution in [0.3, 0.4) is 0 Å². The highest BCUT2D eigenvalue weighted by Crippen LogP contribution is 2.20. The van der Waals surface area contributed by atoms with Crippen LogP contribution < -0.4 is 0 Å². The van der Waals surface area contributed by atoms with Crippen LogP contribution in [0, 0.1) is 5.82 Å². The third-order valence-electron chi connectivity index (χ3n) is 1.67. The molecule has 0 atom stereocenters. The highest BCUT2D eigenvalue weighted by atomic mass is 79.9. The SMILES string of the molecule is C/C(=C\c1cc(F)ccc1Br)C(=O)O. The van der Waals surface area contributed by atoms with Crippen LogP contribution in [0.4, 0.5) is 4.39 Å². The Labute approximate surface area is 89.2 Å². The zero-order chi connectivity index (χ0) is 10.7. The van der Waals surface area contributed by atoms with Crippen LogP contribution in [0.2, 0.25) is 0 Å². The second kappa shape index (κ2) is 4.37. The molecule has 74 valence electrons. The van der Waals surface area contributed by atoms with Gasteiger partial charge in [-0.05, 0) is 36.8 Å². The summed E-state index contributed by atoms with van der Waals surface area (Å²) in [6.07, 6.45) is 1.41. The minimum absolute atomic E-state index is 0.163. The van der Waals surface area contributed by atoms with E-state index in [1.807, 2.05) is 0 Å². The molecule has 4 heteroatoms. The van der Waals surface area contributed by atoms with Gasteiger partial charge in [-0.25, -0.2) is 9.18 Å². The number of carbonyl (C=O) groups is 1. The summed E-state index contributed by atoms with van der Waals surface area (Å²) in [5.74, 6) is -1.40. The topological polar surface area (TPSA) is 37.3 Å². The number of hydrogen-bond donors (Lipinski definition) is 1. The molecular formula is C10H8BrFO2. The predicted octanol–water partition coefficient (Wildman–Crippen LogP) is 3.08. The number of aliphatic carboxylic acids is 1. The number of rotatable bonds is 2. The number of halogens is 2. The van der Waals surface area contributed by atoms with Crippen molar-refractivity contribution in [3.63, 3.8) is 0 Å². The molecule has 0 spiro atoms. The van der Waals surface area contributed by atoms with Gasteiger partial charge in [0.05, 0.1) is 0 Å². The van der Waals surface area contributed by atoms with Crippen molar-refractivity contribution in [1.82, 2.24) is 0 Å². The molecule has 0 saturated carbocycles. The van der Waals surface area contributed by atoms with Crippen LogP contribution in [0.1, 0.15) is 12.5 Å². The summed E-state index contributed by atoms with van der Waals surface area (Å²) in [5, 5.41) is 8.63. The van der Waals surface area contributed by atoms with Gasteiger partial charge in [0.2, 0.25) is 0 Å². The molecule has 0 unspecified atom stereocenters. The molecule has 2 nitrogen and oxygen atoms in total. The standard InChI is InChI=1S/C10H8BrFO2/c1-6(10(13)14)4-7-5-8(12)2-3-9(7)11/h2-5H,1H3,(H,13,14)/b6-4+. The number of hydrogen-bond acceptors (Lipinski definition) is 1. The molecule has 0 aromatic heterocycles. The zero-order valence-corrected chi connectivity index (χ0v) is 9.01. The number of carboxylic acids is 1. The molecule has 0 amide bonds. The van der Waals surface area contributed by atoms with Gasteiger partial charge in [-0.1, -0.05) is 15.9 Å². The predicted molar refractivity (Wildman–Crippen MR) is 55.4 cm³/mol. The molecule has 1 aromatic carbocycles. The van der Waals surface area contributed by atoms with Crippen molar-refractivity contribution in [3.05, 3.63) is 39.6 Å². The smallest absolute Gasteiger partial charge is 0.331 e. The van der Waals surface area contributed by atoms with Gasteiger partial charge in [0.25, 0.3) is 0 Å². The van der Waals surface area contributed by atoms with Crippen molar-refractivity contribution in [2.45, 2.75) is 6.92 Å². The molecular weight excluding hydrogens is 251 g/mol. The summed E-state index contributed by atoms with van der Waals surface area (Å²) in [6.45, 7) is 1.46. The Kier molecular flexibility index (Phi) is 3.41. The van der Waals surface area contributed by atoms with Crippen molar-refractivity contribution < 1.29 is 14.3 Å². The van der Waals surface area contributed by atoms with E-state index in [0.29, 0.717) is 10.0 Å². The Bertz CT molecular complexity index is 399. The Morgan fingerprint density at radius 2 is 2.21 bits per heavy atom. The number of benzene rings is 1. The van der Waals surface area contributed by atoms with Gasteiger partial charge in [-0.2, -0.15) is 0 Å². The molecule has 1 aromatic rings. The van der Waals surface area contributed by atoms with Crippen molar-refractivity contribution in [1.29, 1.82) is 0 Å². The fourth-order valence-corrected chi connectivity index (χ4v) is 1.28.